The van der Waals surface area contributed by atoms with Gasteiger partial charge in [-0.05, 0) is 38.0 Å². The van der Waals surface area contributed by atoms with Crippen LogP contribution in [0.25, 0.3) is 11.0 Å². The summed E-state index contributed by atoms with van der Waals surface area (Å²) in [5.74, 6) is 0.203. The molecule has 1 aliphatic rings. The minimum absolute atomic E-state index is 0.0344. The van der Waals surface area contributed by atoms with Gasteiger partial charge in [0.2, 0.25) is 0 Å². The number of hydrogen-bond acceptors (Lipinski definition) is 3. The number of nitrogens with zero attached hydrogens (tertiary/aromatic N) is 1. The second-order valence-corrected chi connectivity index (χ2v) is 5.59. The highest BCUT2D eigenvalue weighted by Crippen LogP contribution is 2.32. The Balaban J connectivity index is 2.00. The molecule has 5 heteroatoms. The third kappa shape index (κ3) is 2.30. The Kier molecular flexibility index (Phi) is 3.44. The van der Waals surface area contributed by atoms with Gasteiger partial charge in [0, 0.05) is 28.6 Å². The third-order valence-electron chi connectivity index (χ3n) is 3.68. The van der Waals surface area contributed by atoms with Gasteiger partial charge in [0.15, 0.2) is 5.76 Å². The van der Waals surface area contributed by atoms with Gasteiger partial charge in [-0.15, -0.1) is 0 Å². The summed E-state index contributed by atoms with van der Waals surface area (Å²) in [4.78, 5) is 14.3. The Morgan fingerprint density at radius 2 is 2.25 bits per heavy atom. The number of aliphatic hydroxyl groups is 1. The normalized spacial score (nSPS) is 14.8. The predicted molar refractivity (Wildman–Crippen MR) is 77.1 cm³/mol. The molecule has 0 saturated heterocycles. The molecule has 0 aliphatic heterocycles. The number of hydrogen-bond donors (Lipinski definition) is 1. The number of halogens is 1. The fourth-order valence-corrected chi connectivity index (χ4v) is 2.64. The van der Waals surface area contributed by atoms with Crippen LogP contribution < -0.4 is 0 Å². The van der Waals surface area contributed by atoms with Crippen molar-refractivity contribution in [2.24, 2.45) is 0 Å². The zero-order chi connectivity index (χ0) is 14.3. The van der Waals surface area contributed by atoms with Crippen molar-refractivity contribution >= 4 is 28.5 Å². The molecule has 1 N–H and O–H groups in total. The van der Waals surface area contributed by atoms with Gasteiger partial charge in [-0.3, -0.25) is 4.79 Å². The monoisotopic (exact) mass is 293 g/mol. The molecule has 1 saturated carbocycles. The van der Waals surface area contributed by atoms with Crippen LogP contribution in [0, 0.1) is 6.92 Å². The second kappa shape index (κ2) is 5.11. The van der Waals surface area contributed by atoms with Crippen molar-refractivity contribution < 1.29 is 14.3 Å². The highest BCUT2D eigenvalue weighted by molar-refractivity contribution is 6.31. The molecule has 1 aromatic heterocycles. The molecule has 0 bridgehead atoms. The number of rotatable bonds is 4. The van der Waals surface area contributed by atoms with Crippen LogP contribution in [0.3, 0.4) is 0 Å². The molecule has 2 aromatic rings. The molecule has 0 atom stereocenters. The van der Waals surface area contributed by atoms with Crippen molar-refractivity contribution in [1.82, 2.24) is 4.90 Å². The van der Waals surface area contributed by atoms with E-state index in [1.807, 2.05) is 6.92 Å². The van der Waals surface area contributed by atoms with Gasteiger partial charge in [0.25, 0.3) is 5.91 Å². The van der Waals surface area contributed by atoms with Crippen LogP contribution in [-0.4, -0.2) is 35.1 Å². The van der Waals surface area contributed by atoms with Crippen LogP contribution in [0.15, 0.2) is 22.6 Å². The predicted octanol–water partition coefficient (Wildman–Crippen LogP) is 2.99. The van der Waals surface area contributed by atoms with Gasteiger partial charge < -0.3 is 14.4 Å². The van der Waals surface area contributed by atoms with Crippen molar-refractivity contribution in [3.8, 4) is 0 Å². The van der Waals surface area contributed by atoms with Gasteiger partial charge in [0.05, 0.1) is 6.61 Å². The van der Waals surface area contributed by atoms with Crippen molar-refractivity contribution in [3.63, 3.8) is 0 Å². The summed E-state index contributed by atoms with van der Waals surface area (Å²) >= 11 is 5.98. The summed E-state index contributed by atoms with van der Waals surface area (Å²) in [7, 11) is 0. The van der Waals surface area contributed by atoms with E-state index < -0.39 is 0 Å². The smallest absolute Gasteiger partial charge is 0.290 e. The fourth-order valence-electron chi connectivity index (χ4n) is 2.47. The largest absolute Gasteiger partial charge is 0.451 e. The van der Waals surface area contributed by atoms with E-state index in [9.17, 15) is 4.79 Å². The molecule has 106 valence electrons. The zero-order valence-electron chi connectivity index (χ0n) is 11.2. The summed E-state index contributed by atoms with van der Waals surface area (Å²) in [6.07, 6.45) is 1.99. The summed E-state index contributed by atoms with van der Waals surface area (Å²) in [6, 6.07) is 5.56. The molecule has 1 aliphatic carbocycles. The zero-order valence-corrected chi connectivity index (χ0v) is 12.0. The first kappa shape index (κ1) is 13.5. The molecule has 20 heavy (non-hydrogen) atoms. The quantitative estimate of drug-likeness (QED) is 0.943. The lowest BCUT2D eigenvalue weighted by Gasteiger charge is -2.20. The molecule has 0 unspecified atom stereocenters. The number of aliphatic hydroxyl groups excluding tert-OH is 1. The Bertz CT molecular complexity index is 660. The highest BCUT2D eigenvalue weighted by Gasteiger charge is 2.34. The Morgan fingerprint density at radius 3 is 2.90 bits per heavy atom. The number of amides is 1. The van der Waals surface area contributed by atoms with E-state index in [0.29, 0.717) is 22.9 Å². The van der Waals surface area contributed by atoms with Gasteiger partial charge in [-0.1, -0.05) is 11.6 Å². The molecule has 1 heterocycles. The van der Waals surface area contributed by atoms with Crippen LogP contribution in [0.5, 0.6) is 0 Å². The molecular formula is C15H16ClNO3. The second-order valence-electron chi connectivity index (χ2n) is 5.15. The SMILES string of the molecule is Cc1c(C(=O)N(CCO)C2CC2)oc2ccc(Cl)cc12. The van der Waals surface area contributed by atoms with E-state index in [0.717, 1.165) is 23.8 Å². The number of carbonyl (C=O) groups is 1. The van der Waals surface area contributed by atoms with Crippen LogP contribution in [0.2, 0.25) is 5.02 Å². The number of benzene rings is 1. The molecule has 0 spiro atoms. The van der Waals surface area contributed by atoms with Gasteiger partial charge in [-0.25, -0.2) is 0 Å². The van der Waals surface area contributed by atoms with Crippen LogP contribution in [0.4, 0.5) is 0 Å². The van der Waals surface area contributed by atoms with Crippen LogP contribution >= 0.6 is 11.6 Å². The summed E-state index contributed by atoms with van der Waals surface area (Å²) in [6.45, 7) is 2.17. The highest BCUT2D eigenvalue weighted by atomic mass is 35.5. The van der Waals surface area contributed by atoms with Gasteiger partial charge in [0.1, 0.15) is 5.58 Å². The lowest BCUT2D eigenvalue weighted by atomic mass is 10.1. The maximum absolute atomic E-state index is 12.6. The molecular weight excluding hydrogens is 278 g/mol. The van der Waals surface area contributed by atoms with E-state index in [1.54, 1.807) is 23.1 Å². The summed E-state index contributed by atoms with van der Waals surface area (Å²) in [5, 5.41) is 10.6. The van der Waals surface area contributed by atoms with E-state index >= 15 is 0 Å². The molecule has 3 rings (SSSR count). The van der Waals surface area contributed by atoms with Crippen LogP contribution in [0.1, 0.15) is 29.0 Å². The molecule has 1 aromatic carbocycles. The molecule has 1 fully saturated rings. The van der Waals surface area contributed by atoms with Crippen molar-refractivity contribution in [2.75, 3.05) is 13.2 Å². The molecule has 0 radical (unpaired) electrons. The van der Waals surface area contributed by atoms with Crippen LogP contribution in [-0.2, 0) is 0 Å². The number of aryl methyl sites for hydroxylation is 1. The summed E-state index contributed by atoms with van der Waals surface area (Å²) in [5.41, 5.74) is 1.46. The third-order valence-corrected chi connectivity index (χ3v) is 3.92. The first-order valence-electron chi connectivity index (χ1n) is 6.72. The maximum atomic E-state index is 12.6. The number of carbonyl (C=O) groups excluding carboxylic acids is 1. The fraction of sp³-hybridized carbons (Fsp3) is 0.400. The number of furan rings is 1. The topological polar surface area (TPSA) is 53.7 Å². The molecule has 1 amide bonds. The Labute approximate surface area is 121 Å². The lowest BCUT2D eigenvalue weighted by Crippen LogP contribution is -2.35. The standard InChI is InChI=1S/C15H16ClNO3/c1-9-12-8-10(16)2-5-13(12)20-14(9)15(19)17(6-7-18)11-3-4-11/h2,5,8,11,18H,3-4,6-7H2,1H3. The van der Waals surface area contributed by atoms with Crippen molar-refractivity contribution in [3.05, 3.63) is 34.5 Å². The van der Waals surface area contributed by atoms with Crippen molar-refractivity contribution in [1.29, 1.82) is 0 Å². The lowest BCUT2D eigenvalue weighted by molar-refractivity contribution is 0.0677. The first-order chi connectivity index (χ1) is 9.61. The molecule has 4 nitrogen and oxygen atoms in total. The maximum Gasteiger partial charge on any atom is 0.290 e. The first-order valence-corrected chi connectivity index (χ1v) is 7.10. The summed E-state index contributed by atoms with van der Waals surface area (Å²) < 4.78 is 5.69. The van der Waals surface area contributed by atoms with E-state index in [2.05, 4.69) is 0 Å². The minimum Gasteiger partial charge on any atom is -0.451 e. The Hall–Kier alpha value is -1.52. The average Bonchev–Trinajstić information content (AvgIpc) is 3.22. The average molecular weight is 294 g/mol. The van der Waals surface area contributed by atoms with E-state index in [4.69, 9.17) is 21.1 Å². The van der Waals surface area contributed by atoms with Gasteiger partial charge >= 0.3 is 0 Å². The van der Waals surface area contributed by atoms with E-state index in [1.165, 1.54) is 0 Å². The van der Waals surface area contributed by atoms with Crippen molar-refractivity contribution in [2.45, 2.75) is 25.8 Å². The number of fused-ring (bicyclic) bond motifs is 1. The minimum atomic E-state index is -0.147. The van der Waals surface area contributed by atoms with E-state index in [-0.39, 0.29) is 18.6 Å². The van der Waals surface area contributed by atoms with Gasteiger partial charge in [-0.2, -0.15) is 0 Å². The Morgan fingerprint density at radius 1 is 1.50 bits per heavy atom.